The Balaban J connectivity index is 1.81. The lowest BCUT2D eigenvalue weighted by molar-refractivity contribution is 0.258. The van der Waals surface area contributed by atoms with Gasteiger partial charge in [-0.15, -0.1) is 0 Å². The van der Waals surface area contributed by atoms with E-state index in [0.29, 0.717) is 34.2 Å². The Hall–Kier alpha value is -2.95. The summed E-state index contributed by atoms with van der Waals surface area (Å²) >= 11 is 24.8. The normalized spacial score (nSPS) is 11.0. The molecule has 0 saturated carbocycles. The first-order valence-corrected chi connectivity index (χ1v) is 11.0. The Morgan fingerprint density at radius 1 is 1.00 bits per heavy atom. The van der Waals surface area contributed by atoms with Gasteiger partial charge < -0.3 is 14.8 Å². The second-order valence-corrected chi connectivity index (χ2v) is 8.01. The molecule has 168 valence electrons. The van der Waals surface area contributed by atoms with E-state index < -0.39 is 6.03 Å². The van der Waals surface area contributed by atoms with Crippen molar-refractivity contribution in [2.75, 3.05) is 11.9 Å². The van der Waals surface area contributed by atoms with Crippen molar-refractivity contribution in [3.8, 4) is 17.6 Å². The third-order valence-electron chi connectivity index (χ3n) is 4.12. The number of urea groups is 1. The average Bonchev–Trinajstić information content (AvgIpc) is 2.76. The quantitative estimate of drug-likeness (QED) is 0.272. The molecule has 0 radical (unpaired) electrons. The number of rotatable bonds is 5. The molecule has 1 N–H and O–H groups in total. The minimum atomic E-state index is -0.710. The van der Waals surface area contributed by atoms with Crippen molar-refractivity contribution in [2.24, 2.45) is 4.99 Å². The van der Waals surface area contributed by atoms with Gasteiger partial charge in [0, 0.05) is 11.8 Å². The van der Waals surface area contributed by atoms with Gasteiger partial charge in [0.2, 0.25) is 5.90 Å². The van der Waals surface area contributed by atoms with Crippen LogP contribution in [0.2, 0.25) is 20.1 Å². The van der Waals surface area contributed by atoms with Crippen molar-refractivity contribution in [2.45, 2.75) is 6.92 Å². The number of nitrogens with one attached hydrogen (secondary N) is 1. The average molecular weight is 523 g/mol. The third-order valence-corrected chi connectivity index (χ3v) is 5.32. The second-order valence-electron chi connectivity index (χ2n) is 6.38. The molecule has 3 aromatic carbocycles. The second kappa shape index (κ2) is 11.3. The van der Waals surface area contributed by atoms with Crippen LogP contribution in [-0.2, 0) is 4.74 Å². The van der Waals surface area contributed by atoms with Crippen LogP contribution in [0.4, 0.5) is 10.5 Å². The summed E-state index contributed by atoms with van der Waals surface area (Å²) in [6, 6.07) is 15.6. The zero-order chi connectivity index (χ0) is 24.0. The maximum atomic E-state index is 12.5. The van der Waals surface area contributed by atoms with E-state index in [1.165, 1.54) is 24.3 Å². The molecule has 0 aliphatic heterocycles. The highest BCUT2D eigenvalue weighted by atomic mass is 35.5. The van der Waals surface area contributed by atoms with E-state index in [9.17, 15) is 4.79 Å². The van der Waals surface area contributed by atoms with E-state index in [2.05, 4.69) is 10.3 Å². The van der Waals surface area contributed by atoms with Crippen LogP contribution in [0.5, 0.6) is 11.5 Å². The predicted octanol–water partition coefficient (Wildman–Crippen LogP) is 7.98. The maximum absolute atomic E-state index is 12.5. The van der Waals surface area contributed by atoms with Crippen LogP contribution < -0.4 is 10.1 Å². The Morgan fingerprint density at radius 3 is 2.30 bits per heavy atom. The molecule has 0 heterocycles. The van der Waals surface area contributed by atoms with Gasteiger partial charge in [-0.1, -0.05) is 58.5 Å². The van der Waals surface area contributed by atoms with Crippen molar-refractivity contribution < 1.29 is 14.3 Å². The molecule has 10 heteroatoms. The Bertz CT molecular complexity index is 1250. The van der Waals surface area contributed by atoms with Gasteiger partial charge in [0.05, 0.1) is 37.8 Å². The summed E-state index contributed by atoms with van der Waals surface area (Å²) < 4.78 is 11.2. The zero-order valence-corrected chi connectivity index (χ0v) is 20.1. The molecule has 0 fully saturated rings. The number of halogens is 4. The molecule has 0 bridgehead atoms. The molecule has 3 rings (SSSR count). The molecular weight excluding hydrogens is 508 g/mol. The summed E-state index contributed by atoms with van der Waals surface area (Å²) in [5, 5.41) is 12.5. The first kappa shape index (κ1) is 24.7. The molecule has 0 unspecified atom stereocenters. The van der Waals surface area contributed by atoms with Crippen LogP contribution in [-0.4, -0.2) is 18.5 Å². The predicted molar refractivity (Wildman–Crippen MR) is 131 cm³/mol. The van der Waals surface area contributed by atoms with E-state index in [4.69, 9.17) is 61.1 Å². The van der Waals surface area contributed by atoms with Gasteiger partial charge in [0.1, 0.15) is 11.8 Å². The molecule has 0 aliphatic rings. The number of amides is 2. The van der Waals surface area contributed by atoms with Crippen LogP contribution in [0.25, 0.3) is 0 Å². The molecule has 0 aliphatic carbocycles. The van der Waals surface area contributed by atoms with Crippen molar-refractivity contribution >= 4 is 64.0 Å². The van der Waals surface area contributed by atoms with Gasteiger partial charge in [-0.2, -0.15) is 10.3 Å². The molecular formula is C23H15Cl4N3O3. The van der Waals surface area contributed by atoms with E-state index in [1.54, 1.807) is 37.3 Å². The topological polar surface area (TPSA) is 83.7 Å². The van der Waals surface area contributed by atoms with Crippen LogP contribution in [0.1, 0.15) is 18.1 Å². The lowest BCUT2D eigenvalue weighted by Gasteiger charge is -2.13. The highest BCUT2D eigenvalue weighted by Crippen LogP contribution is 2.39. The summed E-state index contributed by atoms with van der Waals surface area (Å²) in [7, 11) is 0. The number of hydrogen-bond donors (Lipinski definition) is 1. The van der Waals surface area contributed by atoms with Crippen molar-refractivity contribution in [3.63, 3.8) is 0 Å². The number of benzene rings is 3. The van der Waals surface area contributed by atoms with E-state index >= 15 is 0 Å². The number of nitriles is 1. The van der Waals surface area contributed by atoms with Gasteiger partial charge in [-0.3, -0.25) is 0 Å². The monoisotopic (exact) mass is 521 g/mol. The fourth-order valence-corrected chi connectivity index (χ4v) is 3.68. The summed E-state index contributed by atoms with van der Waals surface area (Å²) in [5.74, 6) is 0.576. The van der Waals surface area contributed by atoms with Gasteiger partial charge in [-0.25, -0.2) is 4.79 Å². The molecule has 6 nitrogen and oxygen atoms in total. The number of carbonyl (C=O) groups excluding carboxylic acids is 1. The van der Waals surface area contributed by atoms with E-state index in [1.807, 2.05) is 6.07 Å². The summed E-state index contributed by atoms with van der Waals surface area (Å²) in [5.41, 5.74) is 1.08. The van der Waals surface area contributed by atoms with Crippen LogP contribution in [0, 0.1) is 11.3 Å². The Labute approximate surface area is 210 Å². The minimum Gasteiger partial charge on any atom is -0.477 e. The van der Waals surface area contributed by atoms with E-state index in [-0.39, 0.29) is 26.7 Å². The summed E-state index contributed by atoms with van der Waals surface area (Å²) in [4.78, 5) is 16.5. The van der Waals surface area contributed by atoms with Crippen LogP contribution >= 0.6 is 46.4 Å². The SMILES string of the molecule is CCO/C(=N\C(=O)Nc1cc(Cl)c(Oc2ccc(C#N)c(Cl)c2)c(Cl)c1)c1ccccc1Cl. The lowest BCUT2D eigenvalue weighted by atomic mass is 10.2. The number of anilines is 1. The zero-order valence-electron chi connectivity index (χ0n) is 17.0. The Morgan fingerprint density at radius 2 is 1.70 bits per heavy atom. The number of nitrogens with zero attached hydrogens (tertiary/aromatic N) is 2. The molecule has 33 heavy (non-hydrogen) atoms. The van der Waals surface area contributed by atoms with E-state index in [0.717, 1.165) is 0 Å². The van der Waals surface area contributed by atoms with Crippen LogP contribution in [0.3, 0.4) is 0 Å². The van der Waals surface area contributed by atoms with Gasteiger partial charge in [-0.05, 0) is 43.3 Å². The molecule has 0 spiro atoms. The van der Waals surface area contributed by atoms with Gasteiger partial charge in [0.15, 0.2) is 5.75 Å². The number of hydrogen-bond acceptors (Lipinski definition) is 4. The van der Waals surface area contributed by atoms with Crippen LogP contribution in [0.15, 0.2) is 59.6 Å². The first-order chi connectivity index (χ1) is 15.8. The van der Waals surface area contributed by atoms with Gasteiger partial charge in [0.25, 0.3) is 0 Å². The lowest BCUT2D eigenvalue weighted by Crippen LogP contribution is -2.14. The third kappa shape index (κ3) is 6.31. The molecule has 0 saturated heterocycles. The fraction of sp³-hybridized carbons (Fsp3) is 0.0870. The van der Waals surface area contributed by atoms with Crippen molar-refractivity contribution in [1.29, 1.82) is 5.26 Å². The highest BCUT2D eigenvalue weighted by molar-refractivity contribution is 6.38. The molecule has 3 aromatic rings. The number of ether oxygens (including phenoxy) is 2. The molecule has 2 amide bonds. The molecule has 0 atom stereocenters. The number of carbonyl (C=O) groups is 1. The maximum Gasteiger partial charge on any atom is 0.348 e. The molecule has 0 aromatic heterocycles. The standard InChI is InChI=1S/C23H15Cl4N3O3/c1-2-32-22(16-5-3-4-6-17(16)24)30-23(31)29-14-9-19(26)21(20(27)10-14)33-15-8-7-13(12-28)18(25)11-15/h3-11H,2H2,1H3,(H,29,31)/b30-22-. The summed E-state index contributed by atoms with van der Waals surface area (Å²) in [6.45, 7) is 2.06. The van der Waals surface area contributed by atoms with Crippen molar-refractivity contribution in [3.05, 3.63) is 85.8 Å². The number of aliphatic imine (C=N–C) groups is 1. The first-order valence-electron chi connectivity index (χ1n) is 9.46. The fourth-order valence-electron chi connectivity index (χ4n) is 2.68. The summed E-state index contributed by atoms with van der Waals surface area (Å²) in [6.07, 6.45) is 0. The minimum absolute atomic E-state index is 0.0791. The largest absolute Gasteiger partial charge is 0.477 e. The van der Waals surface area contributed by atoms with Gasteiger partial charge >= 0.3 is 6.03 Å². The smallest absolute Gasteiger partial charge is 0.348 e. The highest BCUT2D eigenvalue weighted by Gasteiger charge is 2.15. The van der Waals surface area contributed by atoms with Crippen molar-refractivity contribution in [1.82, 2.24) is 0 Å². The Kier molecular flexibility index (Phi) is 8.43.